The molecule has 0 aliphatic carbocycles. The van der Waals surface area contributed by atoms with Gasteiger partial charge in [0.25, 0.3) is 0 Å². The van der Waals surface area contributed by atoms with Gasteiger partial charge < -0.3 is 4.90 Å². The molecule has 4 nitrogen and oxygen atoms in total. The summed E-state index contributed by atoms with van der Waals surface area (Å²) in [6, 6.07) is 12.2. The van der Waals surface area contributed by atoms with Gasteiger partial charge in [-0.15, -0.1) is 0 Å². The van der Waals surface area contributed by atoms with Crippen molar-refractivity contribution in [1.82, 2.24) is 14.8 Å². The first-order chi connectivity index (χ1) is 11.2. The Morgan fingerprint density at radius 2 is 1.91 bits per heavy atom. The molecule has 1 saturated heterocycles. The van der Waals surface area contributed by atoms with Crippen molar-refractivity contribution < 1.29 is 9.18 Å². The Hall–Kier alpha value is -2.27. The molecule has 1 aliphatic heterocycles. The average Bonchev–Trinajstić information content (AvgIpc) is 2.56. The summed E-state index contributed by atoms with van der Waals surface area (Å²) >= 11 is 0. The molecule has 1 amide bonds. The quantitative estimate of drug-likeness (QED) is 0.867. The van der Waals surface area contributed by atoms with Crippen LogP contribution in [0.25, 0.3) is 0 Å². The zero-order valence-electron chi connectivity index (χ0n) is 13.0. The molecule has 0 radical (unpaired) electrons. The molecule has 0 atom stereocenters. The van der Waals surface area contributed by atoms with Crippen LogP contribution < -0.4 is 0 Å². The summed E-state index contributed by atoms with van der Waals surface area (Å²) in [5.74, 6) is -0.233. The van der Waals surface area contributed by atoms with Crippen LogP contribution in [0.2, 0.25) is 0 Å². The Balaban J connectivity index is 1.49. The van der Waals surface area contributed by atoms with Gasteiger partial charge in [0.15, 0.2) is 0 Å². The summed E-state index contributed by atoms with van der Waals surface area (Å²) in [7, 11) is 0. The first kappa shape index (κ1) is 15.6. The average molecular weight is 313 g/mol. The lowest BCUT2D eigenvalue weighted by atomic mass is 10.1. The molecule has 0 N–H and O–H groups in total. The normalized spacial score (nSPS) is 15.6. The standard InChI is InChI=1S/C18H20FN3O/c19-16-5-3-4-15(12-16)13-18(23)22-10-8-21(9-11-22)14-17-6-1-2-7-20-17/h1-7,12H,8-11,13-14H2. The van der Waals surface area contributed by atoms with Crippen molar-refractivity contribution in [1.29, 1.82) is 0 Å². The van der Waals surface area contributed by atoms with E-state index >= 15 is 0 Å². The zero-order valence-corrected chi connectivity index (χ0v) is 13.0. The predicted octanol–water partition coefficient (Wildman–Crippen LogP) is 2.11. The van der Waals surface area contributed by atoms with Gasteiger partial charge in [-0.1, -0.05) is 18.2 Å². The third-order valence-electron chi connectivity index (χ3n) is 4.08. The molecular weight excluding hydrogens is 293 g/mol. The second-order valence-electron chi connectivity index (χ2n) is 5.78. The number of carbonyl (C=O) groups is 1. The summed E-state index contributed by atoms with van der Waals surface area (Å²) < 4.78 is 13.2. The Bertz CT molecular complexity index is 654. The molecule has 0 saturated carbocycles. The maximum atomic E-state index is 13.2. The second-order valence-corrected chi connectivity index (χ2v) is 5.78. The van der Waals surface area contributed by atoms with Gasteiger partial charge >= 0.3 is 0 Å². The molecule has 1 aromatic carbocycles. The molecule has 3 rings (SSSR count). The van der Waals surface area contributed by atoms with E-state index in [1.807, 2.05) is 23.1 Å². The van der Waals surface area contributed by atoms with Gasteiger partial charge in [0, 0.05) is 38.9 Å². The minimum Gasteiger partial charge on any atom is -0.340 e. The van der Waals surface area contributed by atoms with Crippen LogP contribution in [0.15, 0.2) is 48.7 Å². The summed E-state index contributed by atoms with van der Waals surface area (Å²) in [6.45, 7) is 3.91. The largest absolute Gasteiger partial charge is 0.340 e. The Labute approximate surface area is 135 Å². The smallest absolute Gasteiger partial charge is 0.227 e. The van der Waals surface area contributed by atoms with E-state index in [0.29, 0.717) is 13.1 Å². The number of benzene rings is 1. The maximum Gasteiger partial charge on any atom is 0.227 e. The van der Waals surface area contributed by atoms with E-state index in [4.69, 9.17) is 0 Å². The highest BCUT2D eigenvalue weighted by atomic mass is 19.1. The molecule has 1 aromatic heterocycles. The second kappa shape index (κ2) is 7.33. The van der Waals surface area contributed by atoms with E-state index in [2.05, 4.69) is 9.88 Å². The van der Waals surface area contributed by atoms with Crippen LogP contribution in [-0.2, 0) is 17.8 Å². The first-order valence-electron chi connectivity index (χ1n) is 7.85. The molecule has 1 aliphatic rings. The lowest BCUT2D eigenvalue weighted by molar-refractivity contribution is -0.132. The molecule has 120 valence electrons. The Morgan fingerprint density at radius 3 is 2.61 bits per heavy atom. The van der Waals surface area contributed by atoms with Crippen molar-refractivity contribution in [3.8, 4) is 0 Å². The van der Waals surface area contributed by atoms with Crippen molar-refractivity contribution in [3.05, 3.63) is 65.7 Å². The number of pyridine rings is 1. The van der Waals surface area contributed by atoms with Crippen LogP contribution in [0.4, 0.5) is 4.39 Å². The van der Waals surface area contributed by atoms with Crippen LogP contribution in [0, 0.1) is 5.82 Å². The van der Waals surface area contributed by atoms with Crippen LogP contribution in [0.1, 0.15) is 11.3 Å². The number of hydrogen-bond acceptors (Lipinski definition) is 3. The Morgan fingerprint density at radius 1 is 1.09 bits per heavy atom. The third kappa shape index (κ3) is 4.36. The number of nitrogens with zero attached hydrogens (tertiary/aromatic N) is 3. The number of piperazine rings is 1. The van der Waals surface area contributed by atoms with E-state index in [1.165, 1.54) is 12.1 Å². The summed E-state index contributed by atoms with van der Waals surface area (Å²) in [5, 5.41) is 0. The van der Waals surface area contributed by atoms with Crippen molar-refractivity contribution in [3.63, 3.8) is 0 Å². The first-order valence-corrected chi connectivity index (χ1v) is 7.85. The SMILES string of the molecule is O=C(Cc1cccc(F)c1)N1CCN(Cc2ccccn2)CC1. The summed E-state index contributed by atoms with van der Waals surface area (Å²) in [6.07, 6.45) is 2.06. The van der Waals surface area contributed by atoms with Gasteiger partial charge in [-0.3, -0.25) is 14.7 Å². The lowest BCUT2D eigenvalue weighted by Gasteiger charge is -2.34. The van der Waals surface area contributed by atoms with Gasteiger partial charge in [-0.2, -0.15) is 0 Å². The van der Waals surface area contributed by atoms with Crippen LogP contribution in [-0.4, -0.2) is 46.9 Å². The molecule has 2 heterocycles. The van der Waals surface area contributed by atoms with Gasteiger partial charge in [-0.25, -0.2) is 4.39 Å². The maximum absolute atomic E-state index is 13.2. The van der Waals surface area contributed by atoms with Gasteiger partial charge in [0.2, 0.25) is 5.91 Å². The number of amides is 1. The van der Waals surface area contributed by atoms with Crippen molar-refractivity contribution in [2.45, 2.75) is 13.0 Å². The van der Waals surface area contributed by atoms with Gasteiger partial charge in [0.05, 0.1) is 12.1 Å². The number of halogens is 1. The number of hydrogen-bond donors (Lipinski definition) is 0. The fraction of sp³-hybridized carbons (Fsp3) is 0.333. The third-order valence-corrected chi connectivity index (χ3v) is 4.08. The lowest BCUT2D eigenvalue weighted by Crippen LogP contribution is -2.48. The molecule has 5 heteroatoms. The Kier molecular flexibility index (Phi) is 4.98. The number of carbonyl (C=O) groups excluding carboxylic acids is 1. The fourth-order valence-electron chi connectivity index (χ4n) is 2.81. The highest BCUT2D eigenvalue weighted by Crippen LogP contribution is 2.10. The van der Waals surface area contributed by atoms with Gasteiger partial charge in [-0.05, 0) is 29.8 Å². The van der Waals surface area contributed by atoms with Crippen molar-refractivity contribution in [2.75, 3.05) is 26.2 Å². The van der Waals surface area contributed by atoms with Crippen molar-refractivity contribution in [2.24, 2.45) is 0 Å². The predicted molar refractivity (Wildman–Crippen MR) is 86.2 cm³/mol. The summed E-state index contributed by atoms with van der Waals surface area (Å²) in [4.78, 5) is 20.8. The van der Waals surface area contributed by atoms with E-state index in [-0.39, 0.29) is 18.1 Å². The molecule has 1 fully saturated rings. The highest BCUT2D eigenvalue weighted by Gasteiger charge is 2.21. The van der Waals surface area contributed by atoms with E-state index in [0.717, 1.165) is 30.9 Å². The fourth-order valence-corrected chi connectivity index (χ4v) is 2.81. The molecule has 0 spiro atoms. The van der Waals surface area contributed by atoms with Crippen molar-refractivity contribution >= 4 is 5.91 Å². The van der Waals surface area contributed by atoms with E-state index in [1.54, 1.807) is 18.3 Å². The molecule has 0 bridgehead atoms. The zero-order chi connectivity index (χ0) is 16.1. The van der Waals surface area contributed by atoms with Gasteiger partial charge in [0.1, 0.15) is 5.82 Å². The number of rotatable bonds is 4. The minimum absolute atomic E-state index is 0.0630. The summed E-state index contributed by atoms with van der Waals surface area (Å²) in [5.41, 5.74) is 1.78. The highest BCUT2D eigenvalue weighted by molar-refractivity contribution is 5.78. The molecule has 23 heavy (non-hydrogen) atoms. The van der Waals surface area contributed by atoms with Crippen LogP contribution >= 0.6 is 0 Å². The number of aromatic nitrogens is 1. The monoisotopic (exact) mass is 313 g/mol. The van der Waals surface area contributed by atoms with Crippen LogP contribution in [0.3, 0.4) is 0 Å². The van der Waals surface area contributed by atoms with Crippen LogP contribution in [0.5, 0.6) is 0 Å². The topological polar surface area (TPSA) is 36.4 Å². The molecular formula is C18H20FN3O. The van der Waals surface area contributed by atoms with E-state index < -0.39 is 0 Å². The molecule has 2 aromatic rings. The minimum atomic E-state index is -0.296. The van der Waals surface area contributed by atoms with E-state index in [9.17, 15) is 9.18 Å². The molecule has 0 unspecified atom stereocenters.